The van der Waals surface area contributed by atoms with Gasteiger partial charge in [0.25, 0.3) is 16.8 Å². The summed E-state index contributed by atoms with van der Waals surface area (Å²) in [5.41, 5.74) is 1.06. The van der Waals surface area contributed by atoms with Crippen molar-refractivity contribution in [2.24, 2.45) is 5.92 Å². The number of hydrogen-bond acceptors (Lipinski definition) is 9. The minimum Gasteiger partial charge on any atom is -0.422 e. The maximum atomic E-state index is 13.5. The molecule has 1 fully saturated rings. The van der Waals surface area contributed by atoms with Crippen molar-refractivity contribution in [3.63, 3.8) is 0 Å². The predicted octanol–water partition coefficient (Wildman–Crippen LogP) is 4.16. The molecule has 0 bridgehead atoms. The van der Waals surface area contributed by atoms with Crippen LogP contribution in [0.25, 0.3) is 16.9 Å². The van der Waals surface area contributed by atoms with Gasteiger partial charge in [-0.3, -0.25) is 9.80 Å². The third-order valence-corrected chi connectivity index (χ3v) is 9.04. The molecule has 1 aliphatic rings. The number of aromatic nitrogens is 4. The number of aryl methyl sites for hydroxylation is 1. The number of carbonyl (C=O) groups is 2. The Hall–Kier alpha value is -5.45. The van der Waals surface area contributed by atoms with E-state index >= 15 is 0 Å². The number of sulfonamides is 1. The smallest absolute Gasteiger partial charge is 0.422 e. The van der Waals surface area contributed by atoms with Gasteiger partial charge in [0, 0.05) is 29.5 Å². The topological polar surface area (TPSA) is 143 Å². The lowest BCUT2D eigenvalue weighted by atomic mass is 9.97. The fourth-order valence-corrected chi connectivity index (χ4v) is 6.09. The van der Waals surface area contributed by atoms with Gasteiger partial charge >= 0.3 is 12.1 Å². The summed E-state index contributed by atoms with van der Waals surface area (Å²) in [5, 5.41) is 6.46. The van der Waals surface area contributed by atoms with E-state index in [0.29, 0.717) is 37.1 Å². The molecular formula is C31H29F3N6O7S. The van der Waals surface area contributed by atoms with E-state index < -0.39 is 46.5 Å². The van der Waals surface area contributed by atoms with Gasteiger partial charge < -0.3 is 9.57 Å². The zero-order valence-corrected chi connectivity index (χ0v) is 26.1. The minimum atomic E-state index is -4.69. The lowest BCUT2D eigenvalue weighted by Crippen LogP contribution is -2.45. The SMILES string of the molecule is Cc1ccc(-c2cc(C(F)(F)F)nn2-c2ccc(S(=O)(=O)NC(=O)C3CCN(n4on4OCOC(=O)c4ccccc4)CC3)cc2)cc1. The number of rotatable bonds is 10. The average Bonchev–Trinajstić information content (AvgIpc) is 3.70. The summed E-state index contributed by atoms with van der Waals surface area (Å²) >= 11 is 0. The molecule has 2 aromatic heterocycles. The normalized spacial score (nSPS) is 14.2. The van der Waals surface area contributed by atoms with E-state index in [-0.39, 0.29) is 16.3 Å². The van der Waals surface area contributed by atoms with Crippen LogP contribution in [0.5, 0.6) is 0 Å². The van der Waals surface area contributed by atoms with E-state index in [1.54, 1.807) is 59.6 Å². The van der Waals surface area contributed by atoms with E-state index in [2.05, 4.69) is 9.82 Å². The Morgan fingerprint density at radius 2 is 1.65 bits per heavy atom. The van der Waals surface area contributed by atoms with Crippen molar-refractivity contribution in [2.45, 2.75) is 30.8 Å². The average molecular weight is 687 g/mol. The first-order chi connectivity index (χ1) is 22.9. The summed E-state index contributed by atoms with van der Waals surface area (Å²) in [6.45, 7) is 2.13. The van der Waals surface area contributed by atoms with Gasteiger partial charge in [0.05, 0.1) is 21.8 Å². The molecular weight excluding hydrogens is 657 g/mol. The molecule has 0 radical (unpaired) electrons. The predicted molar refractivity (Wildman–Crippen MR) is 163 cm³/mol. The van der Waals surface area contributed by atoms with Gasteiger partial charge in [-0.2, -0.15) is 22.9 Å². The second-order valence-corrected chi connectivity index (χ2v) is 12.7. The zero-order chi connectivity index (χ0) is 34.1. The number of halogens is 3. The number of hydrogen-bond donors (Lipinski definition) is 1. The molecule has 0 saturated carbocycles. The molecule has 1 saturated heterocycles. The first-order valence-corrected chi connectivity index (χ1v) is 16.2. The molecule has 1 aliphatic heterocycles. The van der Waals surface area contributed by atoms with Crippen molar-refractivity contribution in [3.05, 3.63) is 102 Å². The molecule has 0 atom stereocenters. The molecule has 0 spiro atoms. The minimum absolute atomic E-state index is 0.173. The van der Waals surface area contributed by atoms with Crippen LogP contribution in [0.4, 0.5) is 13.2 Å². The van der Waals surface area contributed by atoms with Gasteiger partial charge in [0.15, 0.2) is 5.69 Å². The van der Waals surface area contributed by atoms with Crippen LogP contribution >= 0.6 is 0 Å². The highest BCUT2D eigenvalue weighted by atomic mass is 32.2. The Morgan fingerprint density at radius 1 is 0.979 bits per heavy atom. The Morgan fingerprint density at radius 3 is 2.29 bits per heavy atom. The van der Waals surface area contributed by atoms with Gasteiger partial charge in [-0.25, -0.2) is 22.6 Å². The lowest BCUT2D eigenvalue weighted by Gasteiger charge is -2.28. The van der Waals surface area contributed by atoms with Crippen molar-refractivity contribution < 1.29 is 45.4 Å². The van der Waals surface area contributed by atoms with E-state index in [4.69, 9.17) is 14.2 Å². The summed E-state index contributed by atoms with van der Waals surface area (Å²) in [5.74, 6) is -1.86. The molecule has 5 aromatic rings. The molecule has 1 N–H and O–H groups in total. The van der Waals surface area contributed by atoms with Gasteiger partial charge in [-0.05, 0) is 62.2 Å². The summed E-state index contributed by atoms with van der Waals surface area (Å²) in [6.07, 6.45) is -4.08. The summed E-state index contributed by atoms with van der Waals surface area (Å²) in [6, 6.07) is 21.2. The highest BCUT2D eigenvalue weighted by molar-refractivity contribution is 7.90. The molecule has 13 nitrogen and oxygen atoms in total. The van der Waals surface area contributed by atoms with Crippen molar-refractivity contribution in [2.75, 3.05) is 24.9 Å². The summed E-state index contributed by atoms with van der Waals surface area (Å²) < 4.78 is 80.2. The number of carbonyl (C=O) groups excluding carboxylic acids is 2. The molecule has 3 heterocycles. The van der Waals surface area contributed by atoms with Gasteiger partial charge in [-0.1, -0.05) is 48.0 Å². The maximum Gasteiger partial charge on any atom is 0.435 e. The molecule has 6 rings (SSSR count). The first-order valence-electron chi connectivity index (χ1n) is 14.7. The molecule has 0 unspecified atom stereocenters. The van der Waals surface area contributed by atoms with Crippen LogP contribution in [-0.2, 0) is 25.7 Å². The fourth-order valence-electron chi connectivity index (χ4n) is 5.04. The fraction of sp³-hybridized carbons (Fsp3) is 0.258. The Labute approximate surface area is 271 Å². The maximum absolute atomic E-state index is 13.5. The standard InChI is InChI=1S/C31H29F3N6O7S/c1-21-7-9-22(10-8-21)27-19-28(31(32,33)34)35-38(27)25-11-13-26(14-12-25)48(43,44)36-29(41)23-15-17-37(18-16-23)39-40(47-39)46-20-45-30(42)24-5-3-2-4-6-24/h2-14,19,23H,15-18,20H2,1H3,(H,36,41). The van der Waals surface area contributed by atoms with E-state index in [1.165, 1.54) is 29.2 Å². The van der Waals surface area contributed by atoms with Crippen LogP contribution in [0.15, 0.2) is 94.5 Å². The quantitative estimate of drug-likeness (QED) is 0.169. The molecule has 48 heavy (non-hydrogen) atoms. The van der Waals surface area contributed by atoms with Crippen molar-refractivity contribution in [3.8, 4) is 16.9 Å². The largest absolute Gasteiger partial charge is 0.435 e. The van der Waals surface area contributed by atoms with Crippen LogP contribution in [-0.4, -0.2) is 59.9 Å². The van der Waals surface area contributed by atoms with E-state index in [0.717, 1.165) is 21.3 Å². The number of ether oxygens (including phenoxy) is 1. The van der Waals surface area contributed by atoms with Crippen LogP contribution in [0.1, 0.15) is 34.5 Å². The Balaban J connectivity index is 1.03. The van der Waals surface area contributed by atoms with Crippen LogP contribution < -0.4 is 14.6 Å². The number of benzene rings is 3. The second-order valence-electron chi connectivity index (χ2n) is 11.0. The monoisotopic (exact) mass is 686 g/mol. The summed E-state index contributed by atoms with van der Waals surface area (Å²) in [7, 11) is -4.28. The summed E-state index contributed by atoms with van der Waals surface area (Å²) in [4.78, 5) is 31.2. The zero-order valence-electron chi connectivity index (χ0n) is 25.3. The van der Waals surface area contributed by atoms with Crippen molar-refractivity contribution in [1.82, 2.24) is 24.5 Å². The van der Waals surface area contributed by atoms with Gasteiger partial charge in [0.2, 0.25) is 5.91 Å². The lowest BCUT2D eigenvalue weighted by molar-refractivity contribution is -0.141. The molecule has 0 aliphatic carbocycles. The van der Waals surface area contributed by atoms with Gasteiger partial charge in [-0.15, -0.1) is 0 Å². The van der Waals surface area contributed by atoms with Crippen LogP contribution in [0.2, 0.25) is 0 Å². The number of amides is 1. The van der Waals surface area contributed by atoms with E-state index in [1.807, 2.05) is 6.92 Å². The third-order valence-electron chi connectivity index (χ3n) is 7.68. The highest BCUT2D eigenvalue weighted by Gasteiger charge is 2.36. The molecule has 1 amide bonds. The first kappa shape index (κ1) is 32.5. The van der Waals surface area contributed by atoms with Gasteiger partial charge in [0.1, 0.15) is 5.02 Å². The van der Waals surface area contributed by atoms with Crippen LogP contribution in [0.3, 0.4) is 0 Å². The Bertz CT molecular complexity index is 1990. The number of alkyl halides is 3. The van der Waals surface area contributed by atoms with E-state index in [9.17, 15) is 31.2 Å². The third kappa shape index (κ3) is 7.25. The second kappa shape index (κ2) is 13.0. The molecule has 252 valence electrons. The van der Waals surface area contributed by atoms with Crippen molar-refractivity contribution in [1.29, 1.82) is 0 Å². The number of nitrogens with zero attached hydrogens (tertiary/aromatic N) is 5. The van der Waals surface area contributed by atoms with Crippen molar-refractivity contribution >= 4 is 21.9 Å². The molecule has 17 heteroatoms. The number of esters is 1. The highest BCUT2D eigenvalue weighted by Crippen LogP contribution is 2.33. The van der Waals surface area contributed by atoms with Crippen LogP contribution in [0, 0.1) is 12.8 Å². The number of nitrogens with one attached hydrogen (secondary N) is 1. The Kier molecular flexibility index (Phi) is 8.79. The molecule has 3 aromatic carbocycles. The number of piperidine rings is 1.